The average molecular weight is 213 g/mol. The lowest BCUT2D eigenvalue weighted by atomic mass is 9.73. The number of hydrogen-bond acceptors (Lipinski definition) is 2. The zero-order valence-corrected chi connectivity index (χ0v) is 10.7. The fourth-order valence-corrected chi connectivity index (χ4v) is 3.01. The lowest BCUT2D eigenvalue weighted by Crippen LogP contribution is -2.41. The first-order valence-corrected chi connectivity index (χ1v) is 6.41. The van der Waals surface area contributed by atoms with E-state index in [-0.39, 0.29) is 6.10 Å². The van der Waals surface area contributed by atoms with Crippen LogP contribution < -0.4 is 0 Å². The SMILES string of the molecule is CCCN(C)CC1C(C)CC(C)CC1O. The maximum absolute atomic E-state index is 10.1. The van der Waals surface area contributed by atoms with E-state index >= 15 is 0 Å². The molecule has 2 heteroatoms. The Bertz CT molecular complexity index is 171. The molecular weight excluding hydrogens is 186 g/mol. The van der Waals surface area contributed by atoms with Gasteiger partial charge in [-0.3, -0.25) is 0 Å². The van der Waals surface area contributed by atoms with Gasteiger partial charge in [0.2, 0.25) is 0 Å². The molecule has 90 valence electrons. The van der Waals surface area contributed by atoms with Crippen LogP contribution in [0.15, 0.2) is 0 Å². The van der Waals surface area contributed by atoms with E-state index in [1.807, 2.05) is 0 Å². The van der Waals surface area contributed by atoms with Crippen LogP contribution in [0.5, 0.6) is 0 Å². The van der Waals surface area contributed by atoms with Gasteiger partial charge in [0.25, 0.3) is 0 Å². The Kier molecular flexibility index (Phi) is 5.07. The molecule has 4 atom stereocenters. The number of hydrogen-bond donors (Lipinski definition) is 1. The van der Waals surface area contributed by atoms with Crippen LogP contribution in [-0.4, -0.2) is 36.2 Å². The molecule has 2 nitrogen and oxygen atoms in total. The largest absolute Gasteiger partial charge is 0.393 e. The maximum Gasteiger partial charge on any atom is 0.0585 e. The molecule has 0 radical (unpaired) electrons. The van der Waals surface area contributed by atoms with Gasteiger partial charge in [0, 0.05) is 12.5 Å². The maximum atomic E-state index is 10.1. The van der Waals surface area contributed by atoms with Crippen molar-refractivity contribution in [2.75, 3.05) is 20.1 Å². The highest BCUT2D eigenvalue weighted by Gasteiger charge is 2.33. The summed E-state index contributed by atoms with van der Waals surface area (Å²) in [6.07, 6.45) is 3.39. The van der Waals surface area contributed by atoms with Crippen molar-refractivity contribution in [3.05, 3.63) is 0 Å². The fourth-order valence-electron chi connectivity index (χ4n) is 3.01. The Morgan fingerprint density at radius 2 is 1.93 bits per heavy atom. The molecule has 0 saturated heterocycles. The Labute approximate surface area is 94.7 Å². The Morgan fingerprint density at radius 3 is 2.47 bits per heavy atom. The molecule has 0 spiro atoms. The second-order valence-electron chi connectivity index (χ2n) is 5.55. The predicted octanol–water partition coefficient (Wildman–Crippen LogP) is 2.37. The van der Waals surface area contributed by atoms with E-state index in [2.05, 4.69) is 32.7 Å². The van der Waals surface area contributed by atoms with Crippen LogP contribution in [0.4, 0.5) is 0 Å². The molecule has 1 rings (SSSR count). The number of aliphatic hydroxyl groups excluding tert-OH is 1. The Hall–Kier alpha value is -0.0800. The molecule has 0 amide bonds. The van der Waals surface area contributed by atoms with Crippen LogP contribution in [0.2, 0.25) is 0 Å². The molecule has 1 fully saturated rings. The summed E-state index contributed by atoms with van der Waals surface area (Å²) in [7, 11) is 2.17. The zero-order valence-electron chi connectivity index (χ0n) is 10.7. The van der Waals surface area contributed by atoms with Crippen molar-refractivity contribution in [2.45, 2.75) is 46.1 Å². The third-order valence-corrected chi connectivity index (χ3v) is 3.77. The van der Waals surface area contributed by atoms with Gasteiger partial charge < -0.3 is 10.0 Å². The molecule has 0 bridgehead atoms. The second kappa shape index (κ2) is 5.86. The lowest BCUT2D eigenvalue weighted by Gasteiger charge is -2.38. The molecule has 0 aliphatic heterocycles. The fraction of sp³-hybridized carbons (Fsp3) is 1.00. The van der Waals surface area contributed by atoms with Crippen LogP contribution in [0, 0.1) is 17.8 Å². The van der Waals surface area contributed by atoms with Gasteiger partial charge in [-0.05, 0) is 44.7 Å². The topological polar surface area (TPSA) is 23.5 Å². The summed E-state index contributed by atoms with van der Waals surface area (Å²) in [5.41, 5.74) is 0. The molecule has 0 heterocycles. The molecule has 1 saturated carbocycles. The first-order chi connectivity index (χ1) is 7.04. The third kappa shape index (κ3) is 3.76. The molecule has 1 aliphatic rings. The summed E-state index contributed by atoms with van der Waals surface area (Å²) < 4.78 is 0. The summed E-state index contributed by atoms with van der Waals surface area (Å²) >= 11 is 0. The minimum Gasteiger partial charge on any atom is -0.393 e. The van der Waals surface area contributed by atoms with Crippen molar-refractivity contribution >= 4 is 0 Å². The van der Waals surface area contributed by atoms with E-state index in [0.29, 0.717) is 17.8 Å². The van der Waals surface area contributed by atoms with E-state index in [1.165, 1.54) is 12.8 Å². The van der Waals surface area contributed by atoms with Crippen molar-refractivity contribution in [2.24, 2.45) is 17.8 Å². The summed E-state index contributed by atoms with van der Waals surface area (Å²) in [5.74, 6) is 1.85. The van der Waals surface area contributed by atoms with Crippen molar-refractivity contribution in [3.63, 3.8) is 0 Å². The molecule has 1 N–H and O–H groups in total. The van der Waals surface area contributed by atoms with Crippen molar-refractivity contribution in [1.82, 2.24) is 4.90 Å². The molecule has 0 aromatic rings. The van der Waals surface area contributed by atoms with E-state index < -0.39 is 0 Å². The molecular formula is C13H27NO. The number of nitrogens with zero attached hydrogens (tertiary/aromatic N) is 1. The molecule has 0 aromatic carbocycles. The van der Waals surface area contributed by atoms with E-state index in [4.69, 9.17) is 0 Å². The molecule has 15 heavy (non-hydrogen) atoms. The zero-order chi connectivity index (χ0) is 11.4. The third-order valence-electron chi connectivity index (χ3n) is 3.77. The molecule has 0 aromatic heterocycles. The highest BCUT2D eigenvalue weighted by Crippen LogP contribution is 2.34. The minimum absolute atomic E-state index is 0.0805. The Balaban J connectivity index is 2.45. The van der Waals surface area contributed by atoms with Crippen LogP contribution in [0.1, 0.15) is 40.0 Å². The number of rotatable bonds is 4. The van der Waals surface area contributed by atoms with Gasteiger partial charge in [-0.15, -0.1) is 0 Å². The first kappa shape index (κ1) is 13.0. The second-order valence-corrected chi connectivity index (χ2v) is 5.55. The summed E-state index contributed by atoms with van der Waals surface area (Å²) in [6, 6.07) is 0. The molecule has 1 aliphatic carbocycles. The molecule has 4 unspecified atom stereocenters. The van der Waals surface area contributed by atoms with Crippen molar-refractivity contribution < 1.29 is 5.11 Å². The predicted molar refractivity (Wildman–Crippen MR) is 64.8 cm³/mol. The van der Waals surface area contributed by atoms with Crippen LogP contribution in [-0.2, 0) is 0 Å². The van der Waals surface area contributed by atoms with Crippen molar-refractivity contribution in [3.8, 4) is 0 Å². The first-order valence-electron chi connectivity index (χ1n) is 6.41. The smallest absolute Gasteiger partial charge is 0.0585 e. The highest BCUT2D eigenvalue weighted by atomic mass is 16.3. The van der Waals surface area contributed by atoms with E-state index in [9.17, 15) is 5.11 Å². The quantitative estimate of drug-likeness (QED) is 0.775. The van der Waals surface area contributed by atoms with Gasteiger partial charge in [-0.1, -0.05) is 20.8 Å². The summed E-state index contributed by atoms with van der Waals surface area (Å²) in [6.45, 7) is 8.96. The van der Waals surface area contributed by atoms with Gasteiger partial charge >= 0.3 is 0 Å². The van der Waals surface area contributed by atoms with Gasteiger partial charge in [0.15, 0.2) is 0 Å². The van der Waals surface area contributed by atoms with Crippen LogP contribution in [0.25, 0.3) is 0 Å². The normalized spacial score (nSPS) is 37.2. The van der Waals surface area contributed by atoms with E-state index in [1.54, 1.807) is 0 Å². The van der Waals surface area contributed by atoms with Gasteiger partial charge in [0.1, 0.15) is 0 Å². The van der Waals surface area contributed by atoms with Crippen LogP contribution in [0.3, 0.4) is 0 Å². The standard InChI is InChI=1S/C13H27NO/c1-5-6-14(4)9-12-11(3)7-10(2)8-13(12)15/h10-13,15H,5-9H2,1-4H3. The number of aliphatic hydroxyl groups is 1. The summed E-state index contributed by atoms with van der Waals surface area (Å²) in [4.78, 5) is 2.36. The van der Waals surface area contributed by atoms with Gasteiger partial charge in [-0.2, -0.15) is 0 Å². The van der Waals surface area contributed by atoms with Crippen LogP contribution >= 0.6 is 0 Å². The summed E-state index contributed by atoms with van der Waals surface area (Å²) in [5, 5.41) is 10.1. The van der Waals surface area contributed by atoms with Gasteiger partial charge in [0.05, 0.1) is 6.10 Å². The average Bonchev–Trinajstić information content (AvgIpc) is 2.11. The van der Waals surface area contributed by atoms with Crippen molar-refractivity contribution in [1.29, 1.82) is 0 Å². The highest BCUT2D eigenvalue weighted by molar-refractivity contribution is 4.84. The monoisotopic (exact) mass is 213 g/mol. The Morgan fingerprint density at radius 1 is 1.27 bits per heavy atom. The van der Waals surface area contributed by atoms with Gasteiger partial charge in [-0.25, -0.2) is 0 Å². The minimum atomic E-state index is -0.0805. The van der Waals surface area contributed by atoms with E-state index in [0.717, 1.165) is 19.5 Å². The lowest BCUT2D eigenvalue weighted by molar-refractivity contribution is 0.00166.